The van der Waals surface area contributed by atoms with E-state index >= 15 is 0 Å². The third-order valence-electron chi connectivity index (χ3n) is 3.16. The second kappa shape index (κ2) is 5.25. The molecule has 0 spiro atoms. The van der Waals surface area contributed by atoms with Gasteiger partial charge in [-0.2, -0.15) is 0 Å². The Kier molecular flexibility index (Phi) is 3.72. The maximum absolute atomic E-state index is 5.58. The maximum Gasteiger partial charge on any atom is 0.225 e. The zero-order valence-corrected chi connectivity index (χ0v) is 9.89. The van der Waals surface area contributed by atoms with Crippen molar-refractivity contribution in [2.75, 3.05) is 18.0 Å². The molecule has 0 saturated heterocycles. The lowest BCUT2D eigenvalue weighted by molar-refractivity contribution is 0.380. The van der Waals surface area contributed by atoms with Crippen LogP contribution in [0.3, 0.4) is 0 Å². The molecule has 0 amide bonds. The van der Waals surface area contributed by atoms with Gasteiger partial charge in [0.15, 0.2) is 0 Å². The van der Waals surface area contributed by atoms with Crippen molar-refractivity contribution in [3.8, 4) is 0 Å². The van der Waals surface area contributed by atoms with Crippen LogP contribution in [-0.4, -0.2) is 29.1 Å². The summed E-state index contributed by atoms with van der Waals surface area (Å²) < 4.78 is 0. The van der Waals surface area contributed by atoms with E-state index in [9.17, 15) is 0 Å². The number of nitrogens with zero attached hydrogens (tertiary/aromatic N) is 3. The molecule has 0 aliphatic heterocycles. The van der Waals surface area contributed by atoms with E-state index in [1.807, 2.05) is 19.2 Å². The van der Waals surface area contributed by atoms with Gasteiger partial charge in [-0.25, -0.2) is 9.97 Å². The molecule has 1 aliphatic carbocycles. The van der Waals surface area contributed by atoms with Crippen molar-refractivity contribution >= 4 is 5.95 Å². The van der Waals surface area contributed by atoms with Gasteiger partial charge in [-0.15, -0.1) is 0 Å². The van der Waals surface area contributed by atoms with Crippen molar-refractivity contribution in [2.24, 2.45) is 5.73 Å². The van der Waals surface area contributed by atoms with E-state index in [-0.39, 0.29) is 0 Å². The quantitative estimate of drug-likeness (QED) is 0.817. The zero-order chi connectivity index (χ0) is 11.4. The van der Waals surface area contributed by atoms with E-state index in [0.29, 0.717) is 6.04 Å². The molecule has 0 atom stereocenters. The van der Waals surface area contributed by atoms with Crippen LogP contribution in [0.15, 0.2) is 12.3 Å². The van der Waals surface area contributed by atoms with Gasteiger partial charge in [-0.1, -0.05) is 0 Å². The highest BCUT2D eigenvalue weighted by molar-refractivity contribution is 5.32. The van der Waals surface area contributed by atoms with Gasteiger partial charge in [-0.3, -0.25) is 0 Å². The molecule has 2 N–H and O–H groups in total. The monoisotopic (exact) mass is 220 g/mol. The minimum absolute atomic E-state index is 0.633. The lowest BCUT2D eigenvalue weighted by Gasteiger charge is -2.37. The topological polar surface area (TPSA) is 55.0 Å². The van der Waals surface area contributed by atoms with Crippen LogP contribution in [0.5, 0.6) is 0 Å². The van der Waals surface area contributed by atoms with Crippen molar-refractivity contribution in [1.82, 2.24) is 9.97 Å². The predicted molar refractivity (Wildman–Crippen MR) is 65.4 cm³/mol. The van der Waals surface area contributed by atoms with Gasteiger partial charge < -0.3 is 10.6 Å². The number of anilines is 1. The SMILES string of the molecule is Cc1ccnc(N(CCCN)C2CCC2)n1. The van der Waals surface area contributed by atoms with Gasteiger partial charge in [0.1, 0.15) is 0 Å². The molecule has 16 heavy (non-hydrogen) atoms. The first-order chi connectivity index (χ1) is 7.81. The average Bonchev–Trinajstić information content (AvgIpc) is 2.21. The van der Waals surface area contributed by atoms with Crippen molar-refractivity contribution in [2.45, 2.75) is 38.6 Å². The Morgan fingerprint density at radius 1 is 1.50 bits per heavy atom. The van der Waals surface area contributed by atoms with E-state index < -0.39 is 0 Å². The van der Waals surface area contributed by atoms with Crippen molar-refractivity contribution in [3.05, 3.63) is 18.0 Å². The summed E-state index contributed by atoms with van der Waals surface area (Å²) in [7, 11) is 0. The minimum Gasteiger partial charge on any atom is -0.338 e. The maximum atomic E-state index is 5.58. The molecule has 88 valence electrons. The van der Waals surface area contributed by atoms with Gasteiger partial charge in [-0.05, 0) is 45.2 Å². The summed E-state index contributed by atoms with van der Waals surface area (Å²) in [5.74, 6) is 0.873. The first-order valence-corrected chi connectivity index (χ1v) is 6.07. The molecule has 0 unspecified atom stereocenters. The van der Waals surface area contributed by atoms with E-state index in [0.717, 1.165) is 31.2 Å². The fourth-order valence-corrected chi connectivity index (χ4v) is 1.98. The second-order valence-electron chi connectivity index (χ2n) is 4.42. The molecular formula is C12H20N4. The lowest BCUT2D eigenvalue weighted by atomic mass is 9.91. The number of hydrogen-bond donors (Lipinski definition) is 1. The fourth-order valence-electron chi connectivity index (χ4n) is 1.98. The van der Waals surface area contributed by atoms with E-state index in [1.165, 1.54) is 19.3 Å². The van der Waals surface area contributed by atoms with Crippen LogP contribution in [0.4, 0.5) is 5.95 Å². The molecule has 0 radical (unpaired) electrons. The first kappa shape index (κ1) is 11.3. The van der Waals surface area contributed by atoms with Gasteiger partial charge in [0.2, 0.25) is 5.95 Å². The van der Waals surface area contributed by atoms with E-state index in [2.05, 4.69) is 14.9 Å². The summed E-state index contributed by atoms with van der Waals surface area (Å²) in [6, 6.07) is 2.57. The number of aryl methyl sites for hydroxylation is 1. The second-order valence-corrected chi connectivity index (χ2v) is 4.42. The zero-order valence-electron chi connectivity index (χ0n) is 9.89. The number of hydrogen-bond acceptors (Lipinski definition) is 4. The van der Waals surface area contributed by atoms with E-state index in [1.54, 1.807) is 0 Å². The molecule has 2 rings (SSSR count). The Hall–Kier alpha value is -1.16. The summed E-state index contributed by atoms with van der Waals surface area (Å²) in [4.78, 5) is 11.2. The molecule has 1 heterocycles. The summed E-state index contributed by atoms with van der Waals surface area (Å²) >= 11 is 0. The summed E-state index contributed by atoms with van der Waals surface area (Å²) in [5.41, 5.74) is 6.61. The van der Waals surface area contributed by atoms with Gasteiger partial charge in [0.05, 0.1) is 0 Å². The molecule has 1 saturated carbocycles. The van der Waals surface area contributed by atoms with Crippen LogP contribution in [0.2, 0.25) is 0 Å². The Morgan fingerprint density at radius 3 is 2.88 bits per heavy atom. The van der Waals surface area contributed by atoms with Crippen molar-refractivity contribution in [3.63, 3.8) is 0 Å². The van der Waals surface area contributed by atoms with Crippen LogP contribution in [-0.2, 0) is 0 Å². The standard InChI is InChI=1S/C12H20N4/c1-10-6-8-14-12(15-10)16(9-3-7-13)11-4-2-5-11/h6,8,11H,2-5,7,9,13H2,1H3. The van der Waals surface area contributed by atoms with Crippen LogP contribution >= 0.6 is 0 Å². The normalized spacial score (nSPS) is 15.9. The van der Waals surface area contributed by atoms with Crippen molar-refractivity contribution < 1.29 is 0 Å². The summed E-state index contributed by atoms with van der Waals surface area (Å²) in [5, 5.41) is 0. The van der Waals surface area contributed by atoms with Gasteiger partial charge in [0.25, 0.3) is 0 Å². The third-order valence-corrected chi connectivity index (χ3v) is 3.16. The average molecular weight is 220 g/mol. The molecule has 0 aromatic carbocycles. The molecule has 4 nitrogen and oxygen atoms in total. The van der Waals surface area contributed by atoms with Gasteiger partial charge in [0, 0.05) is 24.5 Å². The summed E-state index contributed by atoms with van der Waals surface area (Å²) in [6.45, 7) is 3.72. The number of aromatic nitrogens is 2. The molecular weight excluding hydrogens is 200 g/mol. The number of nitrogens with two attached hydrogens (primary N) is 1. The third kappa shape index (κ3) is 2.50. The highest BCUT2D eigenvalue weighted by Gasteiger charge is 2.26. The molecule has 1 aromatic rings. The lowest BCUT2D eigenvalue weighted by Crippen LogP contribution is -2.42. The Balaban J connectivity index is 2.10. The molecule has 1 fully saturated rings. The van der Waals surface area contributed by atoms with Crippen LogP contribution in [0, 0.1) is 6.92 Å². The molecule has 0 bridgehead atoms. The van der Waals surface area contributed by atoms with Crippen LogP contribution in [0.25, 0.3) is 0 Å². The Morgan fingerprint density at radius 2 is 2.31 bits per heavy atom. The Labute approximate surface area is 96.9 Å². The minimum atomic E-state index is 0.633. The van der Waals surface area contributed by atoms with Gasteiger partial charge >= 0.3 is 0 Å². The first-order valence-electron chi connectivity index (χ1n) is 6.07. The number of rotatable bonds is 5. The smallest absolute Gasteiger partial charge is 0.225 e. The van der Waals surface area contributed by atoms with E-state index in [4.69, 9.17) is 5.73 Å². The Bertz CT molecular complexity index is 336. The molecule has 1 aliphatic rings. The fraction of sp³-hybridized carbons (Fsp3) is 0.667. The highest BCUT2D eigenvalue weighted by atomic mass is 15.3. The highest BCUT2D eigenvalue weighted by Crippen LogP contribution is 2.27. The largest absolute Gasteiger partial charge is 0.338 e. The molecule has 1 aromatic heterocycles. The molecule has 4 heteroatoms. The van der Waals surface area contributed by atoms with Crippen LogP contribution in [0.1, 0.15) is 31.4 Å². The summed E-state index contributed by atoms with van der Waals surface area (Å²) in [6.07, 6.45) is 6.71. The van der Waals surface area contributed by atoms with Crippen LogP contribution < -0.4 is 10.6 Å². The van der Waals surface area contributed by atoms with Crippen molar-refractivity contribution in [1.29, 1.82) is 0 Å². The predicted octanol–water partition coefficient (Wildman–Crippen LogP) is 1.49.